The molecule has 1 aliphatic heterocycles. The summed E-state index contributed by atoms with van der Waals surface area (Å²) in [6, 6.07) is 9.91. The van der Waals surface area contributed by atoms with Crippen LogP contribution >= 0.6 is 0 Å². The van der Waals surface area contributed by atoms with E-state index < -0.39 is 5.41 Å². The first-order valence-corrected chi connectivity index (χ1v) is 9.22. The van der Waals surface area contributed by atoms with Crippen molar-refractivity contribution in [3.63, 3.8) is 0 Å². The van der Waals surface area contributed by atoms with Crippen molar-refractivity contribution in [2.24, 2.45) is 11.3 Å². The second kappa shape index (κ2) is 8.99. The van der Waals surface area contributed by atoms with Crippen molar-refractivity contribution in [3.05, 3.63) is 42.0 Å². The summed E-state index contributed by atoms with van der Waals surface area (Å²) in [4.78, 5) is 29.6. The fourth-order valence-corrected chi connectivity index (χ4v) is 2.89. The van der Waals surface area contributed by atoms with Crippen molar-refractivity contribution in [2.75, 3.05) is 19.7 Å². The molecule has 0 N–H and O–H groups in total. The topological polar surface area (TPSA) is 55.8 Å². The lowest BCUT2D eigenvalue weighted by Gasteiger charge is -2.33. The minimum atomic E-state index is -0.518. The van der Waals surface area contributed by atoms with Crippen LogP contribution in [0.15, 0.2) is 36.4 Å². The zero-order chi connectivity index (χ0) is 19.2. The maximum Gasteiger partial charge on any atom is 0.331 e. The number of piperidine rings is 1. The van der Waals surface area contributed by atoms with Gasteiger partial charge in [-0.25, -0.2) is 9.59 Å². The predicted octanol–water partition coefficient (Wildman–Crippen LogP) is 3.85. The fourth-order valence-electron chi connectivity index (χ4n) is 2.89. The first kappa shape index (κ1) is 20.2. The third kappa shape index (κ3) is 5.70. The quantitative estimate of drug-likeness (QED) is 0.590. The predicted molar refractivity (Wildman–Crippen MR) is 101 cm³/mol. The van der Waals surface area contributed by atoms with E-state index in [2.05, 4.69) is 0 Å². The minimum absolute atomic E-state index is 0.221. The Morgan fingerprint density at radius 2 is 1.77 bits per heavy atom. The number of carbonyl (C=O) groups is 2. The van der Waals surface area contributed by atoms with Gasteiger partial charge in [-0.2, -0.15) is 0 Å². The van der Waals surface area contributed by atoms with Crippen molar-refractivity contribution in [1.82, 2.24) is 5.06 Å². The maximum absolute atomic E-state index is 12.1. The molecule has 0 radical (unpaired) electrons. The van der Waals surface area contributed by atoms with Crippen LogP contribution in [0.2, 0.25) is 0 Å². The first-order chi connectivity index (χ1) is 12.3. The first-order valence-electron chi connectivity index (χ1n) is 9.22. The average Bonchev–Trinajstić information content (AvgIpc) is 2.61. The Bertz CT molecular complexity index is 638. The SMILES string of the molecule is CCOC(=O)C=C(c1ccccc1)C1CCN(OC(=O)C(C)(C)C)CC1. The highest BCUT2D eigenvalue weighted by atomic mass is 16.7. The molecule has 5 nitrogen and oxygen atoms in total. The summed E-state index contributed by atoms with van der Waals surface area (Å²) in [6.07, 6.45) is 3.25. The number of allylic oxidation sites excluding steroid dienone is 1. The van der Waals surface area contributed by atoms with Crippen LogP contribution in [0.5, 0.6) is 0 Å². The number of hydroxylamine groups is 2. The van der Waals surface area contributed by atoms with E-state index in [1.54, 1.807) is 18.1 Å². The molecule has 2 rings (SSSR count). The Morgan fingerprint density at radius 1 is 1.15 bits per heavy atom. The molecular formula is C21H29NO4. The molecule has 1 saturated heterocycles. The normalized spacial score (nSPS) is 17.0. The molecule has 26 heavy (non-hydrogen) atoms. The average molecular weight is 359 g/mol. The van der Waals surface area contributed by atoms with Gasteiger partial charge >= 0.3 is 11.9 Å². The van der Waals surface area contributed by atoms with Gasteiger partial charge in [-0.3, -0.25) is 0 Å². The Kier molecular flexibility index (Phi) is 6.98. The van der Waals surface area contributed by atoms with Gasteiger partial charge in [-0.1, -0.05) is 30.3 Å². The summed E-state index contributed by atoms with van der Waals surface area (Å²) >= 11 is 0. The van der Waals surface area contributed by atoms with Crippen LogP contribution in [0.3, 0.4) is 0 Å². The zero-order valence-corrected chi connectivity index (χ0v) is 16.2. The lowest BCUT2D eigenvalue weighted by molar-refractivity contribution is -0.205. The molecule has 0 bridgehead atoms. The Morgan fingerprint density at radius 3 is 2.31 bits per heavy atom. The van der Waals surface area contributed by atoms with E-state index in [1.165, 1.54) is 0 Å². The third-order valence-electron chi connectivity index (χ3n) is 4.39. The van der Waals surface area contributed by atoms with Gasteiger partial charge in [-0.05, 0) is 57.6 Å². The molecule has 1 aromatic carbocycles. The lowest BCUT2D eigenvalue weighted by atomic mass is 9.85. The van der Waals surface area contributed by atoms with Crippen molar-refractivity contribution in [2.45, 2.75) is 40.5 Å². The number of benzene rings is 1. The Hall–Kier alpha value is -2.14. The minimum Gasteiger partial charge on any atom is -0.463 e. The van der Waals surface area contributed by atoms with Gasteiger partial charge in [0, 0.05) is 19.2 Å². The van der Waals surface area contributed by atoms with E-state index >= 15 is 0 Å². The van der Waals surface area contributed by atoms with E-state index in [-0.39, 0.29) is 17.9 Å². The van der Waals surface area contributed by atoms with Crippen LogP contribution in [0, 0.1) is 11.3 Å². The smallest absolute Gasteiger partial charge is 0.331 e. The molecule has 0 atom stereocenters. The molecule has 142 valence electrons. The molecule has 1 aromatic rings. The largest absolute Gasteiger partial charge is 0.463 e. The van der Waals surface area contributed by atoms with Crippen molar-refractivity contribution in [1.29, 1.82) is 0 Å². The molecule has 1 fully saturated rings. The monoisotopic (exact) mass is 359 g/mol. The number of carbonyl (C=O) groups excluding carboxylic acids is 2. The Balaban J connectivity index is 2.07. The van der Waals surface area contributed by atoms with Crippen LogP contribution in [-0.4, -0.2) is 36.7 Å². The van der Waals surface area contributed by atoms with Crippen LogP contribution < -0.4 is 0 Å². The molecule has 1 heterocycles. The summed E-state index contributed by atoms with van der Waals surface area (Å²) < 4.78 is 5.10. The number of esters is 1. The molecule has 1 aliphatic rings. The zero-order valence-electron chi connectivity index (χ0n) is 16.2. The number of nitrogens with zero attached hydrogens (tertiary/aromatic N) is 1. The second-order valence-electron chi connectivity index (χ2n) is 7.55. The van der Waals surface area contributed by atoms with E-state index in [0.29, 0.717) is 19.7 Å². The van der Waals surface area contributed by atoms with Gasteiger partial charge < -0.3 is 9.57 Å². The van der Waals surface area contributed by atoms with E-state index in [4.69, 9.17) is 9.57 Å². The summed E-state index contributed by atoms with van der Waals surface area (Å²) in [6.45, 7) is 9.00. The number of rotatable bonds is 5. The van der Waals surface area contributed by atoms with Crippen molar-refractivity contribution in [3.8, 4) is 0 Å². The standard InChI is InChI=1S/C21H29NO4/c1-5-25-19(23)15-18(16-9-7-6-8-10-16)17-11-13-22(14-12-17)26-20(24)21(2,3)4/h6-10,15,17H,5,11-14H2,1-4H3. The Labute approximate surface area is 155 Å². The highest BCUT2D eigenvalue weighted by Crippen LogP contribution is 2.32. The lowest BCUT2D eigenvalue weighted by Crippen LogP contribution is -2.39. The maximum atomic E-state index is 12.1. The second-order valence-corrected chi connectivity index (χ2v) is 7.55. The molecule has 0 spiro atoms. The molecule has 5 heteroatoms. The molecule has 0 amide bonds. The van der Waals surface area contributed by atoms with Crippen molar-refractivity contribution >= 4 is 17.5 Å². The van der Waals surface area contributed by atoms with E-state index in [9.17, 15) is 9.59 Å². The highest BCUT2D eigenvalue weighted by molar-refractivity contribution is 5.92. The molecule has 0 aromatic heterocycles. The van der Waals surface area contributed by atoms with Gasteiger partial charge in [0.05, 0.1) is 12.0 Å². The van der Waals surface area contributed by atoms with Gasteiger partial charge in [-0.15, -0.1) is 5.06 Å². The van der Waals surface area contributed by atoms with E-state index in [1.807, 2.05) is 51.1 Å². The van der Waals surface area contributed by atoms with Crippen LogP contribution in [-0.2, 0) is 19.2 Å². The molecule has 0 saturated carbocycles. The third-order valence-corrected chi connectivity index (χ3v) is 4.39. The number of hydrogen-bond acceptors (Lipinski definition) is 5. The fraction of sp³-hybridized carbons (Fsp3) is 0.524. The van der Waals surface area contributed by atoms with Crippen LogP contribution in [0.4, 0.5) is 0 Å². The van der Waals surface area contributed by atoms with Gasteiger partial charge in [0.25, 0.3) is 0 Å². The molecule has 0 unspecified atom stereocenters. The van der Waals surface area contributed by atoms with Crippen LogP contribution in [0.25, 0.3) is 5.57 Å². The van der Waals surface area contributed by atoms with Gasteiger partial charge in [0.2, 0.25) is 0 Å². The molecule has 0 aliphatic carbocycles. The number of hydrogen-bond donors (Lipinski definition) is 0. The van der Waals surface area contributed by atoms with Gasteiger partial charge in [0.15, 0.2) is 0 Å². The summed E-state index contributed by atoms with van der Waals surface area (Å²) in [5, 5.41) is 1.73. The van der Waals surface area contributed by atoms with Gasteiger partial charge in [0.1, 0.15) is 0 Å². The molecular weight excluding hydrogens is 330 g/mol. The van der Waals surface area contributed by atoms with Crippen molar-refractivity contribution < 1.29 is 19.2 Å². The summed E-state index contributed by atoms with van der Waals surface area (Å²) in [5.74, 6) is -0.305. The highest BCUT2D eigenvalue weighted by Gasteiger charge is 2.29. The summed E-state index contributed by atoms with van der Waals surface area (Å²) in [5.41, 5.74) is 1.51. The number of ether oxygens (including phenoxy) is 1. The van der Waals surface area contributed by atoms with E-state index in [0.717, 1.165) is 24.0 Å². The summed E-state index contributed by atoms with van der Waals surface area (Å²) in [7, 11) is 0. The van der Waals surface area contributed by atoms with Crippen LogP contribution in [0.1, 0.15) is 46.1 Å².